The van der Waals surface area contributed by atoms with Gasteiger partial charge in [0, 0.05) is 23.5 Å². The first-order valence-electron chi connectivity index (χ1n) is 10.6. The first-order valence-corrected chi connectivity index (χ1v) is 12.4. The molecule has 0 N–H and O–H groups in total. The number of aromatic nitrogens is 5. The lowest BCUT2D eigenvalue weighted by molar-refractivity contribution is 0.474. The van der Waals surface area contributed by atoms with E-state index in [-0.39, 0.29) is 23.4 Å². The molecule has 0 saturated carbocycles. The van der Waals surface area contributed by atoms with Gasteiger partial charge in [-0.2, -0.15) is 5.10 Å². The van der Waals surface area contributed by atoms with Crippen molar-refractivity contribution in [3.05, 3.63) is 72.6 Å². The van der Waals surface area contributed by atoms with Crippen LogP contribution in [0.3, 0.4) is 0 Å². The Bertz CT molecular complexity index is 1650. The third-order valence-corrected chi connectivity index (χ3v) is 7.73. The number of hydrogen-bond acceptors (Lipinski definition) is 7. The van der Waals surface area contributed by atoms with Crippen molar-refractivity contribution in [2.45, 2.75) is 13.0 Å². The van der Waals surface area contributed by atoms with Gasteiger partial charge in [-0.3, -0.25) is 9.67 Å². The molecule has 5 heterocycles. The van der Waals surface area contributed by atoms with Gasteiger partial charge in [-0.1, -0.05) is 6.07 Å². The first kappa shape index (κ1) is 20.7. The van der Waals surface area contributed by atoms with E-state index in [1.807, 2.05) is 25.1 Å². The monoisotopic (exact) mass is 475 g/mol. The van der Waals surface area contributed by atoms with Crippen LogP contribution in [0, 0.1) is 12.7 Å². The number of benzene rings is 1. The topological polar surface area (TPSA) is 104 Å². The number of nitrogens with zero attached hydrogens (tertiary/aromatic N) is 5. The summed E-state index contributed by atoms with van der Waals surface area (Å²) < 4.78 is 44.8. The molecule has 5 aromatic rings. The summed E-state index contributed by atoms with van der Waals surface area (Å²) in [6, 6.07) is 11.4. The Morgan fingerprint density at radius 2 is 1.82 bits per heavy atom. The van der Waals surface area contributed by atoms with Crippen LogP contribution in [0.15, 0.2) is 65.6 Å². The first-order chi connectivity index (χ1) is 16.4. The van der Waals surface area contributed by atoms with Gasteiger partial charge in [-0.05, 0) is 48.9 Å². The summed E-state index contributed by atoms with van der Waals surface area (Å²) in [5.41, 5.74) is 4.58. The molecule has 1 aliphatic heterocycles. The molecule has 170 valence electrons. The minimum atomic E-state index is -3.04. The minimum absolute atomic E-state index is 0.0327. The summed E-state index contributed by atoms with van der Waals surface area (Å²) in [5.74, 6) is 0.274. The number of fused-ring (bicyclic) bond motifs is 1. The number of sulfone groups is 1. The largest absolute Gasteiger partial charge is 0.436 e. The normalized spacial score (nSPS) is 15.5. The van der Waals surface area contributed by atoms with E-state index in [1.54, 1.807) is 29.2 Å². The average molecular weight is 476 g/mol. The van der Waals surface area contributed by atoms with Crippen LogP contribution >= 0.6 is 0 Å². The summed E-state index contributed by atoms with van der Waals surface area (Å²) >= 11 is 0. The predicted octanol–water partition coefficient (Wildman–Crippen LogP) is 4.23. The fourth-order valence-corrected chi connectivity index (χ4v) is 5.57. The van der Waals surface area contributed by atoms with E-state index >= 15 is 0 Å². The van der Waals surface area contributed by atoms with Crippen LogP contribution in [0.1, 0.15) is 11.6 Å². The van der Waals surface area contributed by atoms with Crippen molar-refractivity contribution in [3.8, 4) is 34.0 Å². The van der Waals surface area contributed by atoms with E-state index in [9.17, 15) is 12.8 Å². The SMILES string of the molecule is Cc1cccnc1-c1cc2c(-c3cn(C4CS(=O)(=O)C4)nc3-c3ccc(F)cc3)ncnc2o1. The standard InChI is InChI=1S/C24H18FN5O3S/c1-14-3-2-8-26-21(14)20-9-18-23(27-13-28-24(18)33-20)19-10-30(17-11-34(31,32)12-17)29-22(19)15-4-6-16(25)7-5-15/h2-10,13,17H,11-12H2,1H3. The van der Waals surface area contributed by atoms with Gasteiger partial charge in [-0.15, -0.1) is 0 Å². The van der Waals surface area contributed by atoms with E-state index in [1.165, 1.54) is 18.5 Å². The van der Waals surface area contributed by atoms with Crippen molar-refractivity contribution in [3.63, 3.8) is 0 Å². The zero-order chi connectivity index (χ0) is 23.4. The third-order valence-electron chi connectivity index (χ3n) is 5.94. The van der Waals surface area contributed by atoms with Crippen molar-refractivity contribution < 1.29 is 17.2 Å². The second-order valence-corrected chi connectivity index (χ2v) is 10.5. The molecule has 1 fully saturated rings. The third kappa shape index (κ3) is 3.47. The quantitative estimate of drug-likeness (QED) is 0.383. The van der Waals surface area contributed by atoms with E-state index in [2.05, 4.69) is 20.1 Å². The zero-order valence-corrected chi connectivity index (χ0v) is 18.8. The molecule has 6 rings (SSSR count). The molecule has 0 radical (unpaired) electrons. The number of pyridine rings is 1. The maximum absolute atomic E-state index is 13.6. The van der Waals surface area contributed by atoms with Crippen LogP contribution in [0.2, 0.25) is 0 Å². The maximum Gasteiger partial charge on any atom is 0.230 e. The molecule has 0 spiro atoms. The molecule has 34 heavy (non-hydrogen) atoms. The van der Waals surface area contributed by atoms with Crippen molar-refractivity contribution in [1.82, 2.24) is 24.7 Å². The minimum Gasteiger partial charge on any atom is -0.436 e. The van der Waals surface area contributed by atoms with Crippen molar-refractivity contribution in [1.29, 1.82) is 0 Å². The van der Waals surface area contributed by atoms with Crippen LogP contribution in [-0.4, -0.2) is 44.7 Å². The molecule has 1 aliphatic rings. The number of halogens is 1. The van der Waals surface area contributed by atoms with E-state index in [4.69, 9.17) is 4.42 Å². The second kappa shape index (κ2) is 7.56. The van der Waals surface area contributed by atoms with Gasteiger partial charge >= 0.3 is 0 Å². The lowest BCUT2D eigenvalue weighted by atomic mass is 10.0. The van der Waals surface area contributed by atoms with Gasteiger partial charge in [0.05, 0.1) is 28.6 Å². The Kier molecular flexibility index (Phi) is 4.59. The summed E-state index contributed by atoms with van der Waals surface area (Å²) in [4.78, 5) is 13.2. The summed E-state index contributed by atoms with van der Waals surface area (Å²) in [5, 5.41) is 5.36. The second-order valence-electron chi connectivity index (χ2n) is 8.33. The molecular weight excluding hydrogens is 457 g/mol. The lowest BCUT2D eigenvalue weighted by Crippen LogP contribution is -2.38. The van der Waals surface area contributed by atoms with Crippen LogP contribution < -0.4 is 0 Å². The zero-order valence-electron chi connectivity index (χ0n) is 18.0. The van der Waals surface area contributed by atoms with Crippen molar-refractivity contribution in [2.24, 2.45) is 0 Å². The molecule has 10 heteroatoms. The van der Waals surface area contributed by atoms with E-state index in [0.29, 0.717) is 45.1 Å². The van der Waals surface area contributed by atoms with Crippen molar-refractivity contribution >= 4 is 20.9 Å². The summed E-state index contributed by atoms with van der Waals surface area (Å²) in [6.07, 6.45) is 4.90. The Morgan fingerprint density at radius 3 is 2.56 bits per heavy atom. The van der Waals surface area contributed by atoms with Gasteiger partial charge in [-0.25, -0.2) is 22.8 Å². The van der Waals surface area contributed by atoms with Crippen LogP contribution in [-0.2, 0) is 9.84 Å². The number of rotatable bonds is 4. The van der Waals surface area contributed by atoms with Crippen molar-refractivity contribution in [2.75, 3.05) is 11.5 Å². The molecule has 0 bridgehead atoms. The average Bonchev–Trinajstić information content (AvgIpc) is 3.43. The Morgan fingerprint density at radius 1 is 1.03 bits per heavy atom. The van der Waals surface area contributed by atoms with Crippen LogP contribution in [0.5, 0.6) is 0 Å². The molecular formula is C24H18FN5O3S. The highest BCUT2D eigenvalue weighted by Gasteiger charge is 2.36. The van der Waals surface area contributed by atoms with Gasteiger partial charge in [0.1, 0.15) is 23.5 Å². The fourth-order valence-electron chi connectivity index (χ4n) is 4.19. The molecule has 0 amide bonds. The molecule has 4 aromatic heterocycles. The summed E-state index contributed by atoms with van der Waals surface area (Å²) in [6.45, 7) is 1.95. The highest BCUT2D eigenvalue weighted by molar-refractivity contribution is 7.92. The Hall–Kier alpha value is -3.92. The van der Waals surface area contributed by atoms with Crippen LogP contribution in [0.4, 0.5) is 4.39 Å². The lowest BCUT2D eigenvalue weighted by Gasteiger charge is -2.25. The van der Waals surface area contributed by atoms with Gasteiger partial charge < -0.3 is 4.42 Å². The maximum atomic E-state index is 13.6. The smallest absolute Gasteiger partial charge is 0.230 e. The molecule has 0 atom stereocenters. The van der Waals surface area contributed by atoms with Gasteiger partial charge in [0.25, 0.3) is 0 Å². The van der Waals surface area contributed by atoms with Gasteiger partial charge in [0.15, 0.2) is 15.6 Å². The number of hydrogen-bond donors (Lipinski definition) is 0. The number of aryl methyl sites for hydroxylation is 1. The highest BCUT2D eigenvalue weighted by Crippen LogP contribution is 2.38. The predicted molar refractivity (Wildman–Crippen MR) is 124 cm³/mol. The molecule has 8 nitrogen and oxygen atoms in total. The number of furan rings is 1. The fraction of sp³-hybridized carbons (Fsp3) is 0.167. The highest BCUT2D eigenvalue weighted by atomic mass is 32.2. The van der Waals surface area contributed by atoms with Crippen LogP contribution in [0.25, 0.3) is 45.1 Å². The van der Waals surface area contributed by atoms with E-state index < -0.39 is 9.84 Å². The summed E-state index contributed by atoms with van der Waals surface area (Å²) in [7, 11) is -3.04. The Balaban J connectivity index is 1.53. The molecule has 1 aromatic carbocycles. The van der Waals surface area contributed by atoms with Gasteiger partial charge in [0.2, 0.25) is 5.71 Å². The molecule has 1 saturated heterocycles. The van der Waals surface area contributed by atoms with E-state index in [0.717, 1.165) is 5.56 Å². The molecule has 0 unspecified atom stereocenters. The Labute approximate surface area is 194 Å². The molecule has 0 aliphatic carbocycles.